The number of rotatable bonds is 10. The zero-order chi connectivity index (χ0) is 23.5. The van der Waals surface area contributed by atoms with Crippen molar-refractivity contribution >= 4 is 35.3 Å². The second-order valence-corrected chi connectivity index (χ2v) is 9.13. The van der Waals surface area contributed by atoms with Crippen molar-refractivity contribution in [2.24, 2.45) is 5.92 Å². The molecule has 4 N–H and O–H groups in total. The minimum absolute atomic E-state index is 0.0184. The molecule has 2 aliphatic rings. The predicted molar refractivity (Wildman–Crippen MR) is 127 cm³/mol. The molecule has 1 saturated heterocycles. The van der Waals surface area contributed by atoms with E-state index in [0.717, 1.165) is 25.8 Å². The van der Waals surface area contributed by atoms with Crippen LogP contribution in [-0.4, -0.2) is 37.3 Å². The summed E-state index contributed by atoms with van der Waals surface area (Å²) >= 11 is 6.41. The number of amides is 2. The number of hydroxylamine groups is 1. The number of H-pyrrole nitrogens is 1. The fourth-order valence-corrected chi connectivity index (χ4v) is 4.35. The van der Waals surface area contributed by atoms with Crippen molar-refractivity contribution in [1.29, 1.82) is 0 Å². The molecule has 2 atom stereocenters. The lowest BCUT2D eigenvalue weighted by atomic mass is 9.89. The van der Waals surface area contributed by atoms with Crippen LogP contribution in [-0.2, 0) is 19.2 Å². The third-order valence-corrected chi connectivity index (χ3v) is 6.40. The lowest BCUT2D eigenvalue weighted by molar-refractivity contribution is -0.361. The fraction of sp³-hybridized carbons (Fsp3) is 0.625. The van der Waals surface area contributed by atoms with Crippen molar-refractivity contribution in [2.75, 3.05) is 18.5 Å². The SMILES string of the molecule is CC[C@@H](Nc1[nH+]cc(/C=C/C(=O)NOC2CCCCO2)cc1Cl)C(=O)NCC1CCCCC1. The van der Waals surface area contributed by atoms with Crippen LogP contribution in [0.2, 0.25) is 5.02 Å². The van der Waals surface area contributed by atoms with Gasteiger partial charge in [-0.15, -0.1) is 0 Å². The van der Waals surface area contributed by atoms with E-state index in [0.29, 0.717) is 35.3 Å². The van der Waals surface area contributed by atoms with E-state index in [1.165, 1.54) is 38.2 Å². The Morgan fingerprint density at radius 3 is 2.73 bits per heavy atom. The van der Waals surface area contributed by atoms with Crippen molar-refractivity contribution in [2.45, 2.75) is 77.0 Å². The minimum Gasteiger partial charge on any atom is -0.352 e. The van der Waals surface area contributed by atoms with E-state index < -0.39 is 6.29 Å². The molecule has 2 heterocycles. The normalized spacial score (nSPS) is 20.4. The van der Waals surface area contributed by atoms with E-state index in [9.17, 15) is 9.59 Å². The summed E-state index contributed by atoms with van der Waals surface area (Å²) in [5, 5.41) is 6.72. The van der Waals surface area contributed by atoms with Gasteiger partial charge in [0.05, 0.1) is 6.20 Å². The van der Waals surface area contributed by atoms with Crippen LogP contribution in [0.25, 0.3) is 6.08 Å². The first kappa shape index (κ1) is 25.5. The number of halogens is 1. The van der Waals surface area contributed by atoms with E-state index in [1.54, 1.807) is 18.3 Å². The second-order valence-electron chi connectivity index (χ2n) is 8.72. The number of hydrogen-bond donors (Lipinski definition) is 3. The van der Waals surface area contributed by atoms with Crippen LogP contribution in [0.5, 0.6) is 0 Å². The molecule has 182 valence electrons. The van der Waals surface area contributed by atoms with Gasteiger partial charge < -0.3 is 10.1 Å². The Labute approximate surface area is 200 Å². The van der Waals surface area contributed by atoms with Gasteiger partial charge in [0.2, 0.25) is 0 Å². The maximum Gasteiger partial charge on any atom is 0.291 e. The van der Waals surface area contributed by atoms with Crippen LogP contribution in [0.3, 0.4) is 0 Å². The molecule has 9 heteroatoms. The highest BCUT2D eigenvalue weighted by Crippen LogP contribution is 2.23. The maximum atomic E-state index is 12.6. The Morgan fingerprint density at radius 1 is 1.24 bits per heavy atom. The number of carbonyl (C=O) groups excluding carboxylic acids is 2. The molecule has 1 aliphatic heterocycles. The number of nitrogens with one attached hydrogen (secondary N) is 4. The molecule has 1 aliphatic carbocycles. The average Bonchev–Trinajstić information content (AvgIpc) is 2.85. The summed E-state index contributed by atoms with van der Waals surface area (Å²) in [5.41, 5.74) is 3.09. The summed E-state index contributed by atoms with van der Waals surface area (Å²) in [6.07, 6.45) is 13.9. The number of hydrogen-bond acceptors (Lipinski definition) is 5. The molecule has 33 heavy (non-hydrogen) atoms. The lowest BCUT2D eigenvalue weighted by Crippen LogP contribution is -2.42. The summed E-state index contributed by atoms with van der Waals surface area (Å²) in [6.45, 7) is 3.34. The molecule has 0 radical (unpaired) electrons. The highest BCUT2D eigenvalue weighted by Gasteiger charge is 2.24. The Kier molecular flexibility index (Phi) is 10.4. The maximum absolute atomic E-state index is 12.6. The van der Waals surface area contributed by atoms with Crippen molar-refractivity contribution in [3.8, 4) is 0 Å². The molecule has 2 amide bonds. The molecule has 2 fully saturated rings. The Morgan fingerprint density at radius 2 is 2.03 bits per heavy atom. The van der Waals surface area contributed by atoms with Gasteiger partial charge in [-0.1, -0.05) is 37.8 Å². The molecular weight excluding hydrogens is 444 g/mol. The first-order chi connectivity index (χ1) is 16.0. The third kappa shape index (κ3) is 8.61. The van der Waals surface area contributed by atoms with Gasteiger partial charge in [0.15, 0.2) is 12.3 Å². The quantitative estimate of drug-likeness (QED) is 0.351. The van der Waals surface area contributed by atoms with E-state index >= 15 is 0 Å². The van der Waals surface area contributed by atoms with Gasteiger partial charge >= 0.3 is 0 Å². The number of carbonyl (C=O) groups is 2. The van der Waals surface area contributed by atoms with Crippen molar-refractivity contribution < 1.29 is 24.1 Å². The molecule has 1 aromatic heterocycles. The molecule has 1 saturated carbocycles. The highest BCUT2D eigenvalue weighted by atomic mass is 35.5. The van der Waals surface area contributed by atoms with E-state index in [2.05, 4.69) is 21.1 Å². The van der Waals surface area contributed by atoms with Gasteiger partial charge in [-0.3, -0.25) is 14.9 Å². The Balaban J connectivity index is 1.47. The Hall–Kier alpha value is -2.16. The zero-order valence-electron chi connectivity index (χ0n) is 19.3. The molecule has 0 spiro atoms. The standard InChI is InChI=1S/C24H35ClN4O4/c1-2-20(24(31)27-15-17-8-4-3-5-9-17)28-23-19(25)14-18(16-26-23)11-12-21(30)29-33-22-10-6-7-13-32-22/h11-12,14,16-17,20,22H,2-10,13,15H2,1H3,(H,26,28)(H,27,31)(H,29,30)/p+1/b12-11+/t20-,22?/m1/s1. The average molecular weight is 480 g/mol. The van der Waals surface area contributed by atoms with Gasteiger partial charge in [0.1, 0.15) is 5.02 Å². The number of aromatic amines is 1. The van der Waals surface area contributed by atoms with Crippen LogP contribution in [0.15, 0.2) is 18.3 Å². The van der Waals surface area contributed by atoms with Crippen LogP contribution < -0.4 is 21.1 Å². The molecule has 1 aromatic rings. The van der Waals surface area contributed by atoms with Gasteiger partial charge in [0.25, 0.3) is 17.6 Å². The predicted octanol–water partition coefficient (Wildman–Crippen LogP) is 3.63. The summed E-state index contributed by atoms with van der Waals surface area (Å²) in [4.78, 5) is 33.0. The molecule has 0 aromatic carbocycles. The summed E-state index contributed by atoms with van der Waals surface area (Å²) in [7, 11) is 0. The zero-order valence-corrected chi connectivity index (χ0v) is 20.1. The number of anilines is 1. The first-order valence-corrected chi connectivity index (χ1v) is 12.4. The molecule has 3 rings (SSSR count). The number of aromatic nitrogens is 1. The van der Waals surface area contributed by atoms with Gasteiger partial charge in [-0.25, -0.2) is 15.3 Å². The molecule has 0 bridgehead atoms. The van der Waals surface area contributed by atoms with Gasteiger partial charge in [0, 0.05) is 31.2 Å². The third-order valence-electron chi connectivity index (χ3n) is 6.10. The monoisotopic (exact) mass is 479 g/mol. The molecule has 8 nitrogen and oxygen atoms in total. The van der Waals surface area contributed by atoms with Crippen LogP contribution in [0, 0.1) is 5.92 Å². The largest absolute Gasteiger partial charge is 0.352 e. The van der Waals surface area contributed by atoms with Crippen LogP contribution in [0.1, 0.15) is 70.3 Å². The van der Waals surface area contributed by atoms with Gasteiger partial charge in [-0.2, -0.15) is 0 Å². The lowest BCUT2D eigenvalue weighted by Gasteiger charge is -2.22. The first-order valence-electron chi connectivity index (χ1n) is 12.1. The summed E-state index contributed by atoms with van der Waals surface area (Å²) in [5.74, 6) is 0.744. The number of ether oxygens (including phenoxy) is 1. The smallest absolute Gasteiger partial charge is 0.291 e. The Bertz CT molecular complexity index is 808. The summed E-state index contributed by atoms with van der Waals surface area (Å²) < 4.78 is 5.40. The summed E-state index contributed by atoms with van der Waals surface area (Å²) in [6, 6.07) is 1.34. The molecule has 1 unspecified atom stereocenters. The number of pyridine rings is 1. The topological polar surface area (TPSA) is 103 Å². The minimum atomic E-state index is -0.393. The fourth-order valence-electron chi connectivity index (χ4n) is 4.11. The van der Waals surface area contributed by atoms with Crippen molar-refractivity contribution in [3.63, 3.8) is 0 Å². The second kappa shape index (κ2) is 13.5. The van der Waals surface area contributed by atoms with E-state index in [1.807, 2.05) is 6.92 Å². The van der Waals surface area contributed by atoms with Crippen LogP contribution in [0.4, 0.5) is 5.82 Å². The molecular formula is C24H36ClN4O4+. The van der Waals surface area contributed by atoms with E-state index in [4.69, 9.17) is 21.2 Å². The highest BCUT2D eigenvalue weighted by molar-refractivity contribution is 6.32. The van der Waals surface area contributed by atoms with Crippen molar-refractivity contribution in [1.82, 2.24) is 10.8 Å². The van der Waals surface area contributed by atoms with Crippen LogP contribution >= 0.6 is 11.6 Å². The van der Waals surface area contributed by atoms with E-state index in [-0.39, 0.29) is 17.9 Å². The van der Waals surface area contributed by atoms with Gasteiger partial charge in [-0.05, 0) is 50.2 Å². The van der Waals surface area contributed by atoms with Crippen molar-refractivity contribution in [3.05, 3.63) is 28.9 Å².